The molecule has 1 radical (unpaired) electrons. The van der Waals surface area contributed by atoms with E-state index >= 15 is 0 Å². The number of dihydropyridines is 1. The van der Waals surface area contributed by atoms with Crippen LogP contribution in [0.3, 0.4) is 0 Å². The van der Waals surface area contributed by atoms with Crippen LogP contribution < -0.4 is 5.41 Å². The molecule has 0 saturated heterocycles. The third-order valence-corrected chi connectivity index (χ3v) is 1.43. The molecule has 1 aliphatic rings. The lowest BCUT2D eigenvalue weighted by Gasteiger charge is -2.01. The van der Waals surface area contributed by atoms with Crippen LogP contribution >= 0.6 is 12.2 Å². The van der Waals surface area contributed by atoms with Gasteiger partial charge in [0.2, 0.25) is 0 Å². The van der Waals surface area contributed by atoms with Crippen molar-refractivity contribution < 1.29 is 0 Å². The Morgan fingerprint density at radius 2 is 2.30 bits per heavy atom. The maximum absolute atomic E-state index is 8.45. The van der Waals surface area contributed by atoms with Gasteiger partial charge >= 0.3 is 0 Å². The quantitative estimate of drug-likeness (QED) is 0.284. The lowest BCUT2D eigenvalue weighted by atomic mass is 10.2. The summed E-state index contributed by atoms with van der Waals surface area (Å²) in [5.74, 6) is 1.96. The number of aliphatic imine (C=N–C) groups is 1. The largest absolute Gasteiger partial charge is 0.241 e. The molecule has 1 aliphatic heterocycles. The molecule has 0 unspecified atom stereocenters. The van der Waals surface area contributed by atoms with Crippen molar-refractivity contribution >= 4 is 28.8 Å². The summed E-state index contributed by atoms with van der Waals surface area (Å²) in [7, 11) is 0. The van der Waals surface area contributed by atoms with Crippen molar-refractivity contribution in [3.05, 3.63) is 17.7 Å². The number of hydrogen-bond donors (Lipinski definition) is 0. The third-order valence-electron chi connectivity index (χ3n) is 1.12. The minimum absolute atomic E-state index is 0.391. The standard InChI is InChI=1S/C7H5N2S/c1-5-2-3-6(4-8)7(10)9-5/h2-3H,1H3. The Hall–Kier alpha value is -1.05. The summed E-state index contributed by atoms with van der Waals surface area (Å²) < 4.78 is 0. The predicted molar refractivity (Wildman–Crippen MR) is 45.5 cm³/mol. The zero-order valence-electron chi connectivity index (χ0n) is 5.46. The highest BCUT2D eigenvalue weighted by Gasteiger charge is 2.04. The van der Waals surface area contributed by atoms with Gasteiger partial charge in [0.25, 0.3) is 0 Å². The van der Waals surface area contributed by atoms with Crippen LogP contribution in [0.2, 0.25) is 0 Å². The highest BCUT2D eigenvalue weighted by molar-refractivity contribution is 7.80. The van der Waals surface area contributed by atoms with Crippen molar-refractivity contribution in [2.75, 3.05) is 0 Å². The normalized spacial score (nSPS) is 16.7. The van der Waals surface area contributed by atoms with Gasteiger partial charge in [0.1, 0.15) is 4.99 Å². The first-order valence-electron chi connectivity index (χ1n) is 2.79. The van der Waals surface area contributed by atoms with Crippen LogP contribution in [0, 0.1) is 0 Å². The topological polar surface area (TPSA) is 34.7 Å². The average molecular weight is 149 g/mol. The molecule has 0 amide bonds. The summed E-state index contributed by atoms with van der Waals surface area (Å²) >= 11 is 4.81. The zero-order chi connectivity index (χ0) is 7.56. The molecule has 0 aromatic carbocycles. The van der Waals surface area contributed by atoms with Gasteiger partial charge in [-0.3, -0.25) is 0 Å². The van der Waals surface area contributed by atoms with Gasteiger partial charge in [-0.2, -0.15) is 0 Å². The monoisotopic (exact) mass is 149 g/mol. The Bertz CT molecular complexity index is 280. The SMILES string of the molecule is CC1=NC(=S)C(=C=[N])C=C1. The molecule has 0 N–H and O–H groups in total. The van der Waals surface area contributed by atoms with E-state index < -0.39 is 0 Å². The predicted octanol–water partition coefficient (Wildman–Crippen LogP) is 0.741. The van der Waals surface area contributed by atoms with Gasteiger partial charge in [-0.15, -0.1) is 0 Å². The van der Waals surface area contributed by atoms with Crippen molar-refractivity contribution in [2.24, 2.45) is 4.99 Å². The molecule has 1 rings (SSSR count). The van der Waals surface area contributed by atoms with Gasteiger partial charge in [-0.1, -0.05) is 17.6 Å². The molecule has 0 aliphatic carbocycles. The maximum Gasteiger partial charge on any atom is 0.143 e. The Labute approximate surface area is 64.5 Å². The zero-order valence-corrected chi connectivity index (χ0v) is 6.27. The lowest BCUT2D eigenvalue weighted by Crippen LogP contribution is -2.03. The van der Waals surface area contributed by atoms with E-state index in [-0.39, 0.29) is 0 Å². The second-order valence-corrected chi connectivity index (χ2v) is 2.30. The molecular formula is C7H5N2S. The molecular weight excluding hydrogens is 144 g/mol. The van der Waals surface area contributed by atoms with E-state index in [1.165, 1.54) is 0 Å². The number of thiocarbonyl (C=S) groups is 1. The summed E-state index contributed by atoms with van der Waals surface area (Å²) in [4.78, 5) is 4.33. The fraction of sp³-hybridized carbons (Fsp3) is 0.143. The van der Waals surface area contributed by atoms with Gasteiger partial charge in [0.05, 0.1) is 5.57 Å². The second kappa shape index (κ2) is 2.69. The van der Waals surface area contributed by atoms with E-state index in [1.807, 2.05) is 12.8 Å². The van der Waals surface area contributed by atoms with Gasteiger partial charge < -0.3 is 0 Å². The fourth-order valence-corrected chi connectivity index (χ4v) is 0.876. The van der Waals surface area contributed by atoms with Crippen LogP contribution in [0.15, 0.2) is 22.7 Å². The molecule has 0 aromatic heterocycles. The first kappa shape index (κ1) is 7.06. The summed E-state index contributed by atoms with van der Waals surface area (Å²) in [6.07, 6.45) is 3.46. The van der Waals surface area contributed by atoms with E-state index in [2.05, 4.69) is 4.99 Å². The molecule has 3 heteroatoms. The Kier molecular flexibility index (Phi) is 1.90. The Morgan fingerprint density at radius 3 is 2.80 bits per heavy atom. The van der Waals surface area contributed by atoms with Crippen LogP contribution in [0.25, 0.3) is 0 Å². The van der Waals surface area contributed by atoms with Gasteiger partial charge in [0, 0.05) is 11.6 Å². The highest BCUT2D eigenvalue weighted by atomic mass is 32.1. The van der Waals surface area contributed by atoms with E-state index in [0.717, 1.165) is 5.71 Å². The van der Waals surface area contributed by atoms with Crippen LogP contribution in [-0.4, -0.2) is 16.6 Å². The number of allylic oxidation sites excluding steroid dienone is 1. The van der Waals surface area contributed by atoms with Crippen LogP contribution in [-0.2, 0) is 0 Å². The van der Waals surface area contributed by atoms with Gasteiger partial charge in [0.15, 0.2) is 0 Å². The molecule has 0 saturated carbocycles. The van der Waals surface area contributed by atoms with Crippen molar-refractivity contribution in [3.8, 4) is 0 Å². The third kappa shape index (κ3) is 1.26. The highest BCUT2D eigenvalue weighted by Crippen LogP contribution is 2.04. The minimum Gasteiger partial charge on any atom is -0.241 e. The first-order chi connectivity index (χ1) is 4.74. The molecule has 1 heterocycles. The van der Waals surface area contributed by atoms with Crippen molar-refractivity contribution in [1.82, 2.24) is 5.41 Å². The molecule has 0 atom stereocenters. The lowest BCUT2D eigenvalue weighted by molar-refractivity contribution is 1.61. The summed E-state index contributed by atoms with van der Waals surface area (Å²) in [5.41, 5.74) is 1.32. The average Bonchev–Trinajstić information content (AvgIpc) is 1.88. The minimum atomic E-state index is 0.391. The summed E-state index contributed by atoms with van der Waals surface area (Å²) in [6.45, 7) is 1.84. The molecule has 0 spiro atoms. The Balaban J connectivity index is 3.07. The number of rotatable bonds is 0. The van der Waals surface area contributed by atoms with Crippen molar-refractivity contribution in [3.63, 3.8) is 0 Å². The van der Waals surface area contributed by atoms with Gasteiger partial charge in [-0.25, -0.2) is 4.99 Å². The van der Waals surface area contributed by atoms with E-state index in [1.54, 1.807) is 12.2 Å². The fourth-order valence-electron chi connectivity index (χ4n) is 0.618. The number of nitrogens with zero attached hydrogens (tertiary/aromatic N) is 2. The second-order valence-electron chi connectivity index (χ2n) is 1.92. The van der Waals surface area contributed by atoms with Crippen LogP contribution in [0.5, 0.6) is 0 Å². The molecule has 0 bridgehead atoms. The molecule has 0 aromatic rings. The molecule has 2 nitrogen and oxygen atoms in total. The summed E-state index contributed by atoms with van der Waals surface area (Å²) in [6, 6.07) is 0. The summed E-state index contributed by atoms with van der Waals surface area (Å²) in [5, 5.41) is 8.45. The first-order valence-corrected chi connectivity index (χ1v) is 3.19. The smallest absolute Gasteiger partial charge is 0.143 e. The maximum atomic E-state index is 8.45. The molecule has 10 heavy (non-hydrogen) atoms. The molecule has 49 valence electrons. The van der Waals surface area contributed by atoms with Crippen molar-refractivity contribution in [1.29, 1.82) is 0 Å². The van der Waals surface area contributed by atoms with E-state index in [9.17, 15) is 0 Å². The number of hydrogen-bond acceptors (Lipinski definition) is 1. The van der Waals surface area contributed by atoms with Crippen LogP contribution in [0.1, 0.15) is 6.92 Å². The van der Waals surface area contributed by atoms with E-state index in [0.29, 0.717) is 10.6 Å². The van der Waals surface area contributed by atoms with E-state index in [4.69, 9.17) is 17.6 Å². The van der Waals surface area contributed by atoms with Gasteiger partial charge in [-0.05, 0) is 19.1 Å². The molecule has 0 fully saturated rings. The van der Waals surface area contributed by atoms with Crippen LogP contribution in [0.4, 0.5) is 0 Å². The van der Waals surface area contributed by atoms with Crippen molar-refractivity contribution in [2.45, 2.75) is 6.92 Å². The Morgan fingerprint density at radius 1 is 1.60 bits per heavy atom.